The van der Waals surface area contributed by atoms with Crippen molar-refractivity contribution in [3.05, 3.63) is 28.1 Å². The van der Waals surface area contributed by atoms with Crippen LogP contribution in [0.5, 0.6) is 0 Å². The maximum absolute atomic E-state index is 11.5. The van der Waals surface area contributed by atoms with Gasteiger partial charge in [0.25, 0.3) is 0 Å². The fraction of sp³-hybridized carbons (Fsp3) is 0.333. The van der Waals surface area contributed by atoms with Crippen molar-refractivity contribution in [3.63, 3.8) is 0 Å². The number of ketones is 1. The van der Waals surface area contributed by atoms with Crippen molar-refractivity contribution in [2.75, 3.05) is 0 Å². The van der Waals surface area contributed by atoms with E-state index in [1.807, 2.05) is 17.5 Å². The first-order valence-corrected chi connectivity index (χ1v) is 6.96. The SMILES string of the molecule is CCCc1nc(-c2cccs2)sc1C(C)=O. The second-order valence-corrected chi connectivity index (χ2v) is 5.53. The third kappa shape index (κ3) is 2.23. The highest BCUT2D eigenvalue weighted by atomic mass is 32.1. The van der Waals surface area contributed by atoms with Crippen LogP contribution in [0.1, 0.15) is 35.6 Å². The second-order valence-electron chi connectivity index (χ2n) is 3.58. The molecule has 84 valence electrons. The quantitative estimate of drug-likeness (QED) is 0.768. The zero-order valence-electron chi connectivity index (χ0n) is 9.32. The lowest BCUT2D eigenvalue weighted by Gasteiger charge is -1.93. The molecular weight excluding hydrogens is 238 g/mol. The molecule has 0 N–H and O–H groups in total. The number of aryl methyl sites for hydroxylation is 1. The zero-order chi connectivity index (χ0) is 11.5. The van der Waals surface area contributed by atoms with Gasteiger partial charge in [-0.2, -0.15) is 0 Å². The van der Waals surface area contributed by atoms with Gasteiger partial charge in [0.15, 0.2) is 5.78 Å². The molecule has 0 saturated heterocycles. The Bertz CT molecular complexity index is 485. The molecule has 0 bridgehead atoms. The van der Waals surface area contributed by atoms with E-state index in [1.54, 1.807) is 18.3 Å². The molecule has 0 radical (unpaired) electrons. The molecule has 2 aromatic heterocycles. The lowest BCUT2D eigenvalue weighted by molar-refractivity contribution is 0.102. The number of hydrogen-bond donors (Lipinski definition) is 0. The molecule has 16 heavy (non-hydrogen) atoms. The number of rotatable bonds is 4. The first kappa shape index (κ1) is 11.5. The van der Waals surface area contributed by atoms with Gasteiger partial charge in [-0.25, -0.2) is 4.98 Å². The monoisotopic (exact) mass is 251 g/mol. The number of Topliss-reactive ketones (excluding diaryl/α,β-unsaturated/α-hetero) is 1. The second kappa shape index (κ2) is 4.89. The molecular formula is C12H13NOS2. The van der Waals surface area contributed by atoms with E-state index in [9.17, 15) is 4.79 Å². The normalized spacial score (nSPS) is 10.6. The molecule has 0 aliphatic rings. The number of hydrogen-bond acceptors (Lipinski definition) is 4. The van der Waals surface area contributed by atoms with Gasteiger partial charge >= 0.3 is 0 Å². The average Bonchev–Trinajstić information content (AvgIpc) is 2.83. The molecule has 0 aliphatic heterocycles. The Morgan fingerprint density at radius 1 is 1.50 bits per heavy atom. The van der Waals surface area contributed by atoms with Crippen LogP contribution < -0.4 is 0 Å². The average molecular weight is 251 g/mol. The van der Waals surface area contributed by atoms with Gasteiger partial charge in [-0.3, -0.25) is 4.79 Å². The van der Waals surface area contributed by atoms with Crippen LogP contribution in [-0.4, -0.2) is 10.8 Å². The van der Waals surface area contributed by atoms with E-state index in [0.717, 1.165) is 33.3 Å². The summed E-state index contributed by atoms with van der Waals surface area (Å²) in [5, 5.41) is 3.01. The highest BCUT2D eigenvalue weighted by Crippen LogP contribution is 2.31. The summed E-state index contributed by atoms with van der Waals surface area (Å²) in [6.45, 7) is 3.72. The smallest absolute Gasteiger partial charge is 0.171 e. The van der Waals surface area contributed by atoms with E-state index in [4.69, 9.17) is 0 Å². The number of aromatic nitrogens is 1. The molecule has 2 rings (SSSR count). The fourth-order valence-corrected chi connectivity index (χ4v) is 3.34. The third-order valence-electron chi connectivity index (χ3n) is 2.24. The fourth-order valence-electron chi connectivity index (χ4n) is 1.54. The van der Waals surface area contributed by atoms with Crippen LogP contribution in [0.3, 0.4) is 0 Å². The predicted molar refractivity (Wildman–Crippen MR) is 69.4 cm³/mol. The largest absolute Gasteiger partial charge is 0.294 e. The molecule has 2 nitrogen and oxygen atoms in total. The number of carbonyl (C=O) groups is 1. The maximum Gasteiger partial charge on any atom is 0.171 e. The lowest BCUT2D eigenvalue weighted by atomic mass is 10.2. The van der Waals surface area contributed by atoms with Crippen molar-refractivity contribution in [2.24, 2.45) is 0 Å². The van der Waals surface area contributed by atoms with E-state index >= 15 is 0 Å². The lowest BCUT2D eigenvalue weighted by Crippen LogP contribution is -1.95. The molecule has 0 unspecified atom stereocenters. The van der Waals surface area contributed by atoms with Crippen LogP contribution in [0.15, 0.2) is 17.5 Å². The third-order valence-corrected chi connectivity index (χ3v) is 4.47. The van der Waals surface area contributed by atoms with Crippen molar-refractivity contribution < 1.29 is 4.79 Å². The molecule has 0 fully saturated rings. The van der Waals surface area contributed by atoms with Crippen molar-refractivity contribution >= 4 is 28.5 Å². The van der Waals surface area contributed by atoms with E-state index in [1.165, 1.54) is 11.3 Å². The Labute approximate surface area is 103 Å². The summed E-state index contributed by atoms with van der Waals surface area (Å²) < 4.78 is 0. The number of carbonyl (C=O) groups excluding carboxylic acids is 1. The summed E-state index contributed by atoms with van der Waals surface area (Å²) in [7, 11) is 0. The minimum absolute atomic E-state index is 0.128. The molecule has 0 spiro atoms. The first-order chi connectivity index (χ1) is 7.72. The first-order valence-electron chi connectivity index (χ1n) is 5.27. The van der Waals surface area contributed by atoms with E-state index in [-0.39, 0.29) is 5.78 Å². The predicted octanol–water partition coefficient (Wildman–Crippen LogP) is 4.03. The Balaban J connectivity index is 2.42. The minimum atomic E-state index is 0.128. The van der Waals surface area contributed by atoms with Gasteiger partial charge in [0, 0.05) is 6.92 Å². The van der Waals surface area contributed by atoms with Gasteiger partial charge in [-0.1, -0.05) is 19.4 Å². The summed E-state index contributed by atoms with van der Waals surface area (Å²) in [6, 6.07) is 4.05. The summed E-state index contributed by atoms with van der Waals surface area (Å²) in [5.74, 6) is 0.128. The minimum Gasteiger partial charge on any atom is -0.294 e. The van der Waals surface area contributed by atoms with Gasteiger partial charge in [0.1, 0.15) is 5.01 Å². The van der Waals surface area contributed by atoms with Crippen LogP contribution in [-0.2, 0) is 6.42 Å². The molecule has 0 saturated carbocycles. The van der Waals surface area contributed by atoms with E-state index < -0.39 is 0 Å². The number of thiazole rings is 1. The van der Waals surface area contributed by atoms with Crippen molar-refractivity contribution in [1.29, 1.82) is 0 Å². The van der Waals surface area contributed by atoms with E-state index in [2.05, 4.69) is 11.9 Å². The molecule has 0 atom stereocenters. The zero-order valence-corrected chi connectivity index (χ0v) is 11.0. The Morgan fingerprint density at radius 3 is 2.88 bits per heavy atom. The number of nitrogens with zero attached hydrogens (tertiary/aromatic N) is 1. The van der Waals surface area contributed by atoms with E-state index in [0.29, 0.717) is 0 Å². The maximum atomic E-state index is 11.5. The molecule has 2 heterocycles. The van der Waals surface area contributed by atoms with Gasteiger partial charge in [-0.05, 0) is 17.9 Å². The van der Waals surface area contributed by atoms with Crippen LogP contribution in [0, 0.1) is 0 Å². The summed E-state index contributed by atoms with van der Waals surface area (Å²) >= 11 is 3.18. The van der Waals surface area contributed by atoms with Gasteiger partial charge < -0.3 is 0 Å². The van der Waals surface area contributed by atoms with Crippen LogP contribution in [0.2, 0.25) is 0 Å². The molecule has 0 aromatic carbocycles. The Kier molecular flexibility index (Phi) is 3.51. The van der Waals surface area contributed by atoms with Gasteiger partial charge in [0.2, 0.25) is 0 Å². The highest BCUT2D eigenvalue weighted by molar-refractivity contribution is 7.22. The molecule has 0 amide bonds. The topological polar surface area (TPSA) is 30.0 Å². The molecule has 2 aromatic rings. The summed E-state index contributed by atoms with van der Waals surface area (Å²) in [4.78, 5) is 18.0. The Hall–Kier alpha value is -1.00. The van der Waals surface area contributed by atoms with Crippen molar-refractivity contribution in [1.82, 2.24) is 4.98 Å². The standard InChI is InChI=1S/C12H13NOS2/c1-3-5-9-11(8(2)14)16-12(13-9)10-6-4-7-15-10/h4,6-7H,3,5H2,1-2H3. The van der Waals surface area contributed by atoms with Crippen LogP contribution >= 0.6 is 22.7 Å². The van der Waals surface area contributed by atoms with Crippen LogP contribution in [0.25, 0.3) is 9.88 Å². The van der Waals surface area contributed by atoms with Gasteiger partial charge in [-0.15, -0.1) is 22.7 Å². The van der Waals surface area contributed by atoms with Gasteiger partial charge in [0.05, 0.1) is 15.4 Å². The number of thiophene rings is 1. The summed E-state index contributed by atoms with van der Waals surface area (Å²) in [5.41, 5.74) is 0.961. The Morgan fingerprint density at radius 2 is 2.31 bits per heavy atom. The van der Waals surface area contributed by atoms with Crippen molar-refractivity contribution in [2.45, 2.75) is 26.7 Å². The molecule has 4 heteroatoms. The van der Waals surface area contributed by atoms with Crippen molar-refractivity contribution in [3.8, 4) is 9.88 Å². The van der Waals surface area contributed by atoms with Crippen LogP contribution in [0.4, 0.5) is 0 Å². The molecule has 0 aliphatic carbocycles. The highest BCUT2D eigenvalue weighted by Gasteiger charge is 2.15. The summed E-state index contributed by atoms with van der Waals surface area (Å²) in [6.07, 6.45) is 1.91.